The van der Waals surface area contributed by atoms with E-state index < -0.39 is 0 Å². The molecule has 1 aliphatic rings. The molecule has 0 heterocycles. The third kappa shape index (κ3) is 3.98. The molecular formula is C16H23NO2. The Morgan fingerprint density at radius 2 is 1.95 bits per heavy atom. The van der Waals surface area contributed by atoms with Crippen molar-refractivity contribution in [2.24, 2.45) is 5.92 Å². The first-order chi connectivity index (χ1) is 9.16. The largest absolute Gasteiger partial charge is 0.508 e. The van der Waals surface area contributed by atoms with E-state index >= 15 is 0 Å². The SMILES string of the molecule is Cc1c(O)cccc1NC(=O)CC1CCCCCC1. The number of carbonyl (C=O) groups is 1. The molecule has 3 nitrogen and oxygen atoms in total. The van der Waals surface area contributed by atoms with Crippen LogP contribution in [0, 0.1) is 12.8 Å². The summed E-state index contributed by atoms with van der Waals surface area (Å²) in [5.41, 5.74) is 1.45. The highest BCUT2D eigenvalue weighted by Gasteiger charge is 2.16. The zero-order chi connectivity index (χ0) is 13.7. The van der Waals surface area contributed by atoms with Crippen molar-refractivity contribution in [3.8, 4) is 5.75 Å². The minimum atomic E-state index is 0.0700. The van der Waals surface area contributed by atoms with E-state index in [2.05, 4.69) is 5.32 Å². The van der Waals surface area contributed by atoms with Gasteiger partial charge >= 0.3 is 0 Å². The molecule has 1 aliphatic carbocycles. The molecule has 2 rings (SSSR count). The number of phenolic OH excluding ortho intramolecular Hbond substituents is 1. The molecule has 1 fully saturated rings. The number of anilines is 1. The molecule has 0 saturated heterocycles. The van der Waals surface area contributed by atoms with Gasteiger partial charge in [-0.25, -0.2) is 0 Å². The second-order valence-electron chi connectivity index (χ2n) is 5.56. The highest BCUT2D eigenvalue weighted by molar-refractivity contribution is 5.92. The summed E-state index contributed by atoms with van der Waals surface area (Å²) >= 11 is 0. The summed E-state index contributed by atoms with van der Waals surface area (Å²) in [4.78, 5) is 12.1. The van der Waals surface area contributed by atoms with Crippen LogP contribution in [0.4, 0.5) is 5.69 Å². The zero-order valence-corrected chi connectivity index (χ0v) is 11.6. The van der Waals surface area contributed by atoms with Gasteiger partial charge in [0.15, 0.2) is 0 Å². The van der Waals surface area contributed by atoms with Gasteiger partial charge in [0.05, 0.1) is 0 Å². The Morgan fingerprint density at radius 1 is 1.26 bits per heavy atom. The molecule has 1 saturated carbocycles. The average molecular weight is 261 g/mol. The van der Waals surface area contributed by atoms with Crippen molar-refractivity contribution in [1.82, 2.24) is 0 Å². The number of nitrogens with one attached hydrogen (secondary N) is 1. The van der Waals surface area contributed by atoms with Crippen LogP contribution in [0.2, 0.25) is 0 Å². The Bertz CT molecular complexity index is 434. The number of hydrogen-bond acceptors (Lipinski definition) is 2. The third-order valence-electron chi connectivity index (χ3n) is 4.03. The van der Waals surface area contributed by atoms with E-state index in [1.54, 1.807) is 12.1 Å². The first kappa shape index (κ1) is 13.9. The quantitative estimate of drug-likeness (QED) is 0.808. The molecule has 1 aromatic carbocycles. The predicted octanol–water partition coefficient (Wildman–Crippen LogP) is 4.00. The molecule has 0 bridgehead atoms. The van der Waals surface area contributed by atoms with Crippen LogP contribution in [-0.2, 0) is 4.79 Å². The van der Waals surface area contributed by atoms with E-state index in [1.165, 1.54) is 38.5 Å². The fraction of sp³-hybridized carbons (Fsp3) is 0.562. The standard InChI is InChI=1S/C16H23NO2/c1-12-14(9-6-10-15(12)18)17-16(19)11-13-7-4-2-3-5-8-13/h6,9-10,13,18H,2-5,7-8,11H2,1H3,(H,17,19). The molecule has 1 amide bonds. The van der Waals surface area contributed by atoms with E-state index in [0.29, 0.717) is 12.3 Å². The molecular weight excluding hydrogens is 238 g/mol. The van der Waals surface area contributed by atoms with Crippen LogP contribution in [0.1, 0.15) is 50.5 Å². The van der Waals surface area contributed by atoms with Crippen molar-refractivity contribution in [3.63, 3.8) is 0 Å². The maximum atomic E-state index is 12.1. The number of rotatable bonds is 3. The second-order valence-corrected chi connectivity index (χ2v) is 5.56. The van der Waals surface area contributed by atoms with E-state index in [9.17, 15) is 9.90 Å². The van der Waals surface area contributed by atoms with Gasteiger partial charge in [-0.2, -0.15) is 0 Å². The lowest BCUT2D eigenvalue weighted by Gasteiger charge is -2.14. The van der Waals surface area contributed by atoms with Gasteiger partial charge < -0.3 is 10.4 Å². The molecule has 3 heteroatoms. The number of amides is 1. The van der Waals surface area contributed by atoms with Crippen LogP contribution in [0.15, 0.2) is 18.2 Å². The Balaban J connectivity index is 1.91. The number of benzene rings is 1. The summed E-state index contributed by atoms with van der Waals surface area (Å²) in [6, 6.07) is 5.22. The van der Waals surface area contributed by atoms with E-state index in [1.807, 2.05) is 13.0 Å². The average Bonchev–Trinajstić information content (AvgIpc) is 2.63. The van der Waals surface area contributed by atoms with Crippen LogP contribution >= 0.6 is 0 Å². The molecule has 0 aromatic heterocycles. The summed E-state index contributed by atoms with van der Waals surface area (Å²) in [5, 5.41) is 12.5. The Kier molecular flexibility index (Phi) is 4.83. The highest BCUT2D eigenvalue weighted by Crippen LogP contribution is 2.27. The van der Waals surface area contributed by atoms with Gasteiger partial charge in [-0.05, 0) is 37.8 Å². The lowest BCUT2D eigenvalue weighted by atomic mass is 9.96. The summed E-state index contributed by atoms with van der Waals surface area (Å²) in [5.74, 6) is 0.827. The molecule has 19 heavy (non-hydrogen) atoms. The fourth-order valence-electron chi connectivity index (χ4n) is 2.79. The van der Waals surface area contributed by atoms with Gasteiger partial charge in [-0.3, -0.25) is 4.79 Å². The number of hydrogen-bond donors (Lipinski definition) is 2. The van der Waals surface area contributed by atoms with Crippen molar-refractivity contribution in [1.29, 1.82) is 0 Å². The van der Waals surface area contributed by atoms with Crippen LogP contribution in [-0.4, -0.2) is 11.0 Å². The maximum absolute atomic E-state index is 12.1. The van der Waals surface area contributed by atoms with Gasteiger partial charge in [0.1, 0.15) is 5.75 Å². The van der Waals surface area contributed by atoms with Gasteiger partial charge in [0, 0.05) is 17.7 Å². The topological polar surface area (TPSA) is 49.3 Å². The van der Waals surface area contributed by atoms with Gasteiger partial charge in [-0.15, -0.1) is 0 Å². The third-order valence-corrected chi connectivity index (χ3v) is 4.03. The Morgan fingerprint density at radius 3 is 2.63 bits per heavy atom. The zero-order valence-electron chi connectivity index (χ0n) is 11.6. The lowest BCUT2D eigenvalue weighted by Crippen LogP contribution is -2.17. The van der Waals surface area contributed by atoms with Crippen LogP contribution < -0.4 is 5.32 Å². The van der Waals surface area contributed by atoms with E-state index in [-0.39, 0.29) is 11.7 Å². The van der Waals surface area contributed by atoms with Gasteiger partial charge in [-0.1, -0.05) is 31.7 Å². The molecule has 104 valence electrons. The van der Waals surface area contributed by atoms with Crippen molar-refractivity contribution in [3.05, 3.63) is 23.8 Å². The van der Waals surface area contributed by atoms with Crippen LogP contribution in [0.3, 0.4) is 0 Å². The Labute approximate surface area is 115 Å². The molecule has 0 radical (unpaired) electrons. The minimum absolute atomic E-state index is 0.0700. The number of carbonyl (C=O) groups excluding carboxylic acids is 1. The van der Waals surface area contributed by atoms with Crippen LogP contribution in [0.5, 0.6) is 5.75 Å². The summed E-state index contributed by atoms with van der Waals surface area (Å²) in [7, 11) is 0. The molecule has 1 aromatic rings. The first-order valence-electron chi connectivity index (χ1n) is 7.25. The smallest absolute Gasteiger partial charge is 0.224 e. The number of aromatic hydroxyl groups is 1. The lowest BCUT2D eigenvalue weighted by molar-refractivity contribution is -0.117. The van der Waals surface area contributed by atoms with Crippen molar-refractivity contribution in [2.45, 2.75) is 51.9 Å². The van der Waals surface area contributed by atoms with E-state index in [0.717, 1.165) is 11.3 Å². The molecule has 0 aliphatic heterocycles. The molecule has 0 atom stereocenters. The normalized spacial score (nSPS) is 16.9. The predicted molar refractivity (Wildman–Crippen MR) is 77.3 cm³/mol. The Hall–Kier alpha value is -1.51. The summed E-state index contributed by atoms with van der Waals surface area (Å²) in [6.45, 7) is 1.82. The van der Waals surface area contributed by atoms with Crippen molar-refractivity contribution < 1.29 is 9.90 Å². The summed E-state index contributed by atoms with van der Waals surface area (Å²) in [6.07, 6.45) is 8.08. The maximum Gasteiger partial charge on any atom is 0.224 e. The first-order valence-corrected chi connectivity index (χ1v) is 7.25. The fourth-order valence-corrected chi connectivity index (χ4v) is 2.79. The highest BCUT2D eigenvalue weighted by atomic mass is 16.3. The summed E-state index contributed by atoms with van der Waals surface area (Å²) < 4.78 is 0. The molecule has 0 spiro atoms. The molecule has 0 unspecified atom stereocenters. The second kappa shape index (κ2) is 6.60. The van der Waals surface area contributed by atoms with Crippen molar-refractivity contribution >= 4 is 11.6 Å². The van der Waals surface area contributed by atoms with Gasteiger partial charge in [0.2, 0.25) is 5.91 Å². The van der Waals surface area contributed by atoms with Crippen molar-refractivity contribution in [2.75, 3.05) is 5.32 Å². The van der Waals surface area contributed by atoms with E-state index in [4.69, 9.17) is 0 Å². The number of phenols is 1. The minimum Gasteiger partial charge on any atom is -0.508 e. The molecule has 2 N–H and O–H groups in total. The van der Waals surface area contributed by atoms with Crippen LogP contribution in [0.25, 0.3) is 0 Å². The van der Waals surface area contributed by atoms with Gasteiger partial charge in [0.25, 0.3) is 0 Å². The monoisotopic (exact) mass is 261 g/mol.